The number of hydrogen-bond acceptors (Lipinski definition) is 2. The number of hydrogen-bond donors (Lipinski definition) is 2. The van der Waals surface area contributed by atoms with Crippen LogP contribution in [0.2, 0.25) is 0 Å². The van der Waals surface area contributed by atoms with E-state index in [4.69, 9.17) is 5.73 Å². The molecule has 0 heterocycles. The Morgan fingerprint density at radius 1 is 0.870 bits per heavy atom. The second-order valence-corrected chi connectivity index (χ2v) is 5.41. The molecule has 23 heavy (non-hydrogen) atoms. The van der Waals surface area contributed by atoms with E-state index in [0.29, 0.717) is 12.0 Å². The fourth-order valence-corrected chi connectivity index (χ4v) is 2.75. The third kappa shape index (κ3) is 3.24. The molecule has 0 saturated carbocycles. The van der Waals surface area contributed by atoms with Gasteiger partial charge in [-0.05, 0) is 46.9 Å². The van der Waals surface area contributed by atoms with Crippen molar-refractivity contribution in [2.24, 2.45) is 5.73 Å². The highest BCUT2D eigenvalue weighted by Gasteiger charge is 2.11. The number of aromatic hydroxyl groups is 1. The zero-order valence-electron chi connectivity index (χ0n) is 12.6. The molecule has 3 nitrogen and oxygen atoms in total. The van der Waals surface area contributed by atoms with Gasteiger partial charge in [0.25, 0.3) is 0 Å². The van der Waals surface area contributed by atoms with Crippen molar-refractivity contribution < 1.29 is 9.90 Å². The van der Waals surface area contributed by atoms with Crippen LogP contribution in [0.1, 0.15) is 21.5 Å². The Morgan fingerprint density at radius 2 is 1.57 bits per heavy atom. The van der Waals surface area contributed by atoms with Gasteiger partial charge >= 0.3 is 0 Å². The Balaban J connectivity index is 2.04. The highest BCUT2D eigenvalue weighted by Crippen LogP contribution is 2.28. The van der Waals surface area contributed by atoms with Crippen LogP contribution in [0.4, 0.5) is 0 Å². The maximum Gasteiger partial charge on any atom is 0.248 e. The second-order valence-electron chi connectivity index (χ2n) is 5.41. The quantitative estimate of drug-likeness (QED) is 0.771. The summed E-state index contributed by atoms with van der Waals surface area (Å²) < 4.78 is 0. The fourth-order valence-electron chi connectivity index (χ4n) is 2.75. The van der Waals surface area contributed by atoms with Crippen molar-refractivity contribution in [2.75, 3.05) is 0 Å². The van der Waals surface area contributed by atoms with Crippen LogP contribution in [0.25, 0.3) is 11.1 Å². The number of phenols is 1. The molecule has 3 aromatic rings. The summed E-state index contributed by atoms with van der Waals surface area (Å²) in [6, 6.07) is 22.5. The summed E-state index contributed by atoms with van der Waals surface area (Å²) in [4.78, 5) is 11.6. The number of phenolic OH excluding ortho intramolecular Hbond substituents is 1. The molecule has 0 aliphatic heterocycles. The van der Waals surface area contributed by atoms with Crippen molar-refractivity contribution in [3.05, 3.63) is 89.5 Å². The van der Waals surface area contributed by atoms with Crippen LogP contribution < -0.4 is 5.73 Å². The highest BCUT2D eigenvalue weighted by atomic mass is 16.3. The largest absolute Gasteiger partial charge is 0.508 e. The first-order chi connectivity index (χ1) is 11.1. The van der Waals surface area contributed by atoms with Gasteiger partial charge < -0.3 is 10.8 Å². The Morgan fingerprint density at radius 3 is 2.30 bits per heavy atom. The van der Waals surface area contributed by atoms with Gasteiger partial charge in [0.15, 0.2) is 0 Å². The zero-order valence-corrected chi connectivity index (χ0v) is 12.6. The molecule has 3 rings (SSSR count). The van der Waals surface area contributed by atoms with E-state index >= 15 is 0 Å². The first-order valence-corrected chi connectivity index (χ1v) is 7.40. The average molecular weight is 303 g/mol. The monoisotopic (exact) mass is 303 g/mol. The molecule has 0 unspecified atom stereocenters. The lowest BCUT2D eigenvalue weighted by Crippen LogP contribution is -2.13. The van der Waals surface area contributed by atoms with E-state index in [1.165, 1.54) is 0 Å². The molecular formula is C20H17NO2. The number of primary amides is 1. The van der Waals surface area contributed by atoms with Crippen LogP contribution in [-0.2, 0) is 6.42 Å². The standard InChI is InChI=1S/C20H17NO2/c21-20(23)19-11-4-2-7-15(19)12-14-6-1-3-10-18(14)16-8-5-9-17(22)13-16/h1-11,13,22H,12H2,(H2,21,23). The summed E-state index contributed by atoms with van der Waals surface area (Å²) in [5.74, 6) is -0.190. The first kappa shape index (κ1) is 14.9. The van der Waals surface area contributed by atoms with Crippen LogP contribution in [-0.4, -0.2) is 11.0 Å². The number of amides is 1. The maximum absolute atomic E-state index is 11.6. The molecule has 0 aromatic heterocycles. The topological polar surface area (TPSA) is 63.3 Å². The van der Waals surface area contributed by atoms with E-state index < -0.39 is 5.91 Å². The average Bonchev–Trinajstić information content (AvgIpc) is 2.56. The first-order valence-electron chi connectivity index (χ1n) is 7.40. The van der Waals surface area contributed by atoms with Gasteiger partial charge in [0.1, 0.15) is 5.75 Å². The van der Waals surface area contributed by atoms with Gasteiger partial charge in [-0.2, -0.15) is 0 Å². The Labute approximate surface area is 135 Å². The second kappa shape index (κ2) is 6.36. The minimum Gasteiger partial charge on any atom is -0.508 e. The molecule has 0 aliphatic rings. The molecule has 0 bridgehead atoms. The number of carbonyl (C=O) groups excluding carboxylic acids is 1. The fraction of sp³-hybridized carbons (Fsp3) is 0.0500. The Kier molecular flexibility index (Phi) is 4.11. The van der Waals surface area contributed by atoms with Crippen molar-refractivity contribution in [3.63, 3.8) is 0 Å². The molecule has 114 valence electrons. The molecule has 0 atom stereocenters. The third-order valence-electron chi connectivity index (χ3n) is 3.84. The SMILES string of the molecule is NC(=O)c1ccccc1Cc1ccccc1-c1cccc(O)c1. The van der Waals surface area contributed by atoms with Crippen molar-refractivity contribution >= 4 is 5.91 Å². The molecule has 3 aromatic carbocycles. The van der Waals surface area contributed by atoms with Crippen LogP contribution in [0.15, 0.2) is 72.8 Å². The summed E-state index contributed by atoms with van der Waals surface area (Å²) >= 11 is 0. The predicted molar refractivity (Wildman–Crippen MR) is 91.3 cm³/mol. The third-order valence-corrected chi connectivity index (χ3v) is 3.84. The molecule has 0 radical (unpaired) electrons. The highest BCUT2D eigenvalue weighted by molar-refractivity contribution is 5.94. The molecule has 0 aliphatic carbocycles. The minimum atomic E-state index is -0.421. The molecular weight excluding hydrogens is 286 g/mol. The molecule has 1 amide bonds. The van der Waals surface area contributed by atoms with Crippen molar-refractivity contribution in [2.45, 2.75) is 6.42 Å². The van der Waals surface area contributed by atoms with Crippen molar-refractivity contribution in [1.82, 2.24) is 0 Å². The van der Waals surface area contributed by atoms with Crippen molar-refractivity contribution in [3.8, 4) is 16.9 Å². The van der Waals surface area contributed by atoms with Gasteiger partial charge in [-0.3, -0.25) is 4.79 Å². The smallest absolute Gasteiger partial charge is 0.248 e. The van der Waals surface area contributed by atoms with Gasteiger partial charge in [-0.15, -0.1) is 0 Å². The van der Waals surface area contributed by atoms with E-state index in [2.05, 4.69) is 0 Å². The lowest BCUT2D eigenvalue weighted by atomic mass is 9.93. The van der Waals surface area contributed by atoms with E-state index in [-0.39, 0.29) is 5.75 Å². The van der Waals surface area contributed by atoms with Gasteiger partial charge in [-0.1, -0.05) is 54.6 Å². The van der Waals surface area contributed by atoms with Crippen LogP contribution >= 0.6 is 0 Å². The van der Waals surface area contributed by atoms with Crippen molar-refractivity contribution in [1.29, 1.82) is 0 Å². The van der Waals surface area contributed by atoms with Gasteiger partial charge in [0.2, 0.25) is 5.91 Å². The molecule has 3 N–H and O–H groups in total. The van der Waals surface area contributed by atoms with Crippen LogP contribution in [0.3, 0.4) is 0 Å². The van der Waals surface area contributed by atoms with Crippen LogP contribution in [0, 0.1) is 0 Å². The minimum absolute atomic E-state index is 0.231. The Hall–Kier alpha value is -3.07. The van der Waals surface area contributed by atoms with Gasteiger partial charge in [0.05, 0.1) is 0 Å². The van der Waals surface area contributed by atoms with E-state index in [1.54, 1.807) is 18.2 Å². The summed E-state index contributed by atoms with van der Waals surface area (Å²) in [5, 5.41) is 9.71. The predicted octanol–water partition coefficient (Wildman–Crippen LogP) is 3.75. The van der Waals surface area contributed by atoms with E-state index in [1.807, 2.05) is 54.6 Å². The number of carbonyl (C=O) groups is 1. The summed E-state index contributed by atoms with van der Waals surface area (Å²) in [6.45, 7) is 0. The normalized spacial score (nSPS) is 10.4. The van der Waals surface area contributed by atoms with E-state index in [9.17, 15) is 9.90 Å². The number of nitrogens with two attached hydrogens (primary N) is 1. The summed E-state index contributed by atoms with van der Waals surface area (Å²) in [6.07, 6.45) is 0.602. The maximum atomic E-state index is 11.6. The molecule has 0 fully saturated rings. The molecule has 3 heteroatoms. The lowest BCUT2D eigenvalue weighted by Gasteiger charge is -2.12. The van der Waals surface area contributed by atoms with E-state index in [0.717, 1.165) is 22.3 Å². The summed E-state index contributed by atoms with van der Waals surface area (Å²) in [7, 11) is 0. The summed E-state index contributed by atoms with van der Waals surface area (Å²) in [5.41, 5.74) is 9.95. The van der Waals surface area contributed by atoms with Crippen LogP contribution in [0.5, 0.6) is 5.75 Å². The molecule has 0 saturated heterocycles. The number of rotatable bonds is 4. The number of benzene rings is 3. The van der Waals surface area contributed by atoms with Gasteiger partial charge in [0, 0.05) is 5.56 Å². The zero-order chi connectivity index (χ0) is 16.2. The molecule has 0 spiro atoms. The van der Waals surface area contributed by atoms with Gasteiger partial charge in [-0.25, -0.2) is 0 Å². The lowest BCUT2D eigenvalue weighted by molar-refractivity contribution is 0.0999. The Bertz CT molecular complexity index is 856.